The summed E-state index contributed by atoms with van der Waals surface area (Å²) in [6.07, 6.45) is 6.25. The second-order valence-electron chi connectivity index (χ2n) is 2.08. The fourth-order valence-corrected chi connectivity index (χ4v) is 1.71. The van der Waals surface area contributed by atoms with Gasteiger partial charge in [-0.05, 0) is 0 Å². The fourth-order valence-electron chi connectivity index (χ4n) is 0.905. The molecule has 0 aromatic carbocycles. The van der Waals surface area contributed by atoms with Gasteiger partial charge in [0.05, 0.1) is 0 Å². The SMILES string of the molecule is OCCC1=[C]([Zr])CC=C1. The summed E-state index contributed by atoms with van der Waals surface area (Å²) in [6.45, 7) is 0.289. The molecule has 1 aliphatic carbocycles. The predicted octanol–water partition coefficient (Wildman–Crippen LogP) is 1.13. The Morgan fingerprint density at radius 2 is 2.44 bits per heavy atom. The van der Waals surface area contributed by atoms with Gasteiger partial charge < -0.3 is 0 Å². The van der Waals surface area contributed by atoms with E-state index in [-0.39, 0.29) is 6.61 Å². The Balaban J connectivity index is 2.54. The van der Waals surface area contributed by atoms with E-state index in [2.05, 4.69) is 12.2 Å². The number of allylic oxidation sites excluding steroid dienone is 3. The zero-order chi connectivity index (χ0) is 6.69. The molecular weight excluding hydrogens is 191 g/mol. The molecule has 0 radical (unpaired) electrons. The Hall–Kier alpha value is 0.323. The monoisotopic (exact) mass is 199 g/mol. The van der Waals surface area contributed by atoms with Crippen LogP contribution in [-0.2, 0) is 24.7 Å². The molecule has 9 heavy (non-hydrogen) atoms. The molecule has 1 nitrogen and oxygen atoms in total. The molecule has 0 spiro atoms. The normalized spacial score (nSPS) is 17.3. The molecule has 0 fully saturated rings. The minimum atomic E-state index is 0.289. The summed E-state index contributed by atoms with van der Waals surface area (Å²) in [5, 5.41) is 8.59. The van der Waals surface area contributed by atoms with Crippen LogP contribution in [0.5, 0.6) is 0 Å². The van der Waals surface area contributed by atoms with E-state index in [9.17, 15) is 0 Å². The summed E-state index contributed by atoms with van der Waals surface area (Å²) < 4.78 is 1.50. The van der Waals surface area contributed by atoms with Crippen LogP contribution < -0.4 is 0 Å². The van der Waals surface area contributed by atoms with Gasteiger partial charge in [-0.3, -0.25) is 0 Å². The molecule has 47 valence electrons. The van der Waals surface area contributed by atoms with E-state index < -0.39 is 0 Å². The molecule has 0 aromatic rings. The molecule has 1 N–H and O–H groups in total. The Morgan fingerprint density at radius 3 is 2.89 bits per heavy atom. The van der Waals surface area contributed by atoms with E-state index in [1.54, 1.807) is 0 Å². The van der Waals surface area contributed by atoms with Gasteiger partial charge in [-0.1, -0.05) is 0 Å². The Morgan fingerprint density at radius 1 is 1.67 bits per heavy atom. The van der Waals surface area contributed by atoms with Gasteiger partial charge in [0.25, 0.3) is 0 Å². The van der Waals surface area contributed by atoms with E-state index in [4.69, 9.17) is 5.11 Å². The molecule has 0 aromatic heterocycles. The Labute approximate surface area is 70.3 Å². The molecule has 1 rings (SSSR count). The molecule has 0 heterocycles. The quantitative estimate of drug-likeness (QED) is 0.708. The summed E-state index contributed by atoms with van der Waals surface area (Å²) in [5.41, 5.74) is 1.36. The molecule has 2 heteroatoms. The van der Waals surface area contributed by atoms with E-state index in [1.807, 2.05) is 0 Å². The third-order valence-corrected chi connectivity index (χ3v) is 2.70. The summed E-state index contributed by atoms with van der Waals surface area (Å²) in [6, 6.07) is 0. The first-order valence-electron chi connectivity index (χ1n) is 3.05. The van der Waals surface area contributed by atoms with Crippen molar-refractivity contribution >= 4 is 0 Å². The van der Waals surface area contributed by atoms with Gasteiger partial charge in [0.2, 0.25) is 0 Å². The van der Waals surface area contributed by atoms with E-state index in [1.165, 1.54) is 33.6 Å². The summed E-state index contributed by atoms with van der Waals surface area (Å²) in [4.78, 5) is 0. The molecule has 0 saturated heterocycles. The van der Waals surface area contributed by atoms with Gasteiger partial charge in [-0.25, -0.2) is 0 Å². The van der Waals surface area contributed by atoms with Gasteiger partial charge in [0.1, 0.15) is 0 Å². The van der Waals surface area contributed by atoms with Crippen LogP contribution in [-0.4, -0.2) is 11.7 Å². The average Bonchev–Trinajstić information content (AvgIpc) is 2.18. The van der Waals surface area contributed by atoms with Gasteiger partial charge in [0, 0.05) is 0 Å². The molecule has 0 saturated carbocycles. The molecule has 0 unspecified atom stereocenters. The third kappa shape index (κ3) is 1.87. The van der Waals surface area contributed by atoms with Crippen LogP contribution in [0, 0.1) is 0 Å². The van der Waals surface area contributed by atoms with Crippen LogP contribution in [0.15, 0.2) is 21.0 Å². The number of aliphatic hydroxyl groups excluding tert-OH is 1. The topological polar surface area (TPSA) is 20.2 Å². The van der Waals surface area contributed by atoms with E-state index in [0.29, 0.717) is 0 Å². The summed E-state index contributed by atoms with van der Waals surface area (Å²) >= 11 is 1.49. The van der Waals surface area contributed by atoms with Crippen molar-refractivity contribution in [1.29, 1.82) is 0 Å². The first-order valence-corrected chi connectivity index (χ1v) is 4.28. The minimum absolute atomic E-state index is 0.289. The second-order valence-corrected chi connectivity index (χ2v) is 3.57. The fraction of sp³-hybridized carbons (Fsp3) is 0.429. The Kier molecular flexibility index (Phi) is 2.87. The van der Waals surface area contributed by atoms with Crippen LogP contribution in [0.25, 0.3) is 0 Å². The molecule has 0 atom stereocenters. The van der Waals surface area contributed by atoms with Gasteiger partial charge in [-0.2, -0.15) is 0 Å². The van der Waals surface area contributed by atoms with Crippen molar-refractivity contribution in [3.8, 4) is 0 Å². The van der Waals surface area contributed by atoms with E-state index >= 15 is 0 Å². The van der Waals surface area contributed by atoms with Crippen molar-refractivity contribution in [1.82, 2.24) is 0 Å². The maximum atomic E-state index is 8.59. The number of aliphatic hydroxyl groups is 1. The first kappa shape index (κ1) is 7.43. The van der Waals surface area contributed by atoms with E-state index in [0.717, 1.165) is 12.8 Å². The standard InChI is InChI=1S/C7H9O.Zr/c8-6-5-7-3-1-2-4-7;/h1,3,8H,2,5-6H2;. The summed E-state index contributed by atoms with van der Waals surface area (Å²) in [7, 11) is 0. The van der Waals surface area contributed by atoms with Crippen LogP contribution >= 0.6 is 0 Å². The number of hydrogen-bond acceptors (Lipinski definition) is 1. The van der Waals surface area contributed by atoms with Crippen LogP contribution in [0.4, 0.5) is 0 Å². The van der Waals surface area contributed by atoms with Crippen molar-refractivity contribution in [2.24, 2.45) is 0 Å². The van der Waals surface area contributed by atoms with Gasteiger partial charge in [0.15, 0.2) is 0 Å². The third-order valence-electron chi connectivity index (χ3n) is 1.41. The average molecular weight is 200 g/mol. The number of hydrogen-bond donors (Lipinski definition) is 1. The first-order chi connectivity index (χ1) is 4.34. The predicted molar refractivity (Wildman–Crippen MR) is 32.5 cm³/mol. The molecule has 1 aliphatic rings. The number of rotatable bonds is 2. The zero-order valence-electron chi connectivity index (χ0n) is 5.22. The Bertz CT molecular complexity index is 158. The maximum absolute atomic E-state index is 8.59. The van der Waals surface area contributed by atoms with Crippen LogP contribution in [0.3, 0.4) is 0 Å². The summed E-state index contributed by atoms with van der Waals surface area (Å²) in [5.74, 6) is 0. The van der Waals surface area contributed by atoms with Crippen LogP contribution in [0.2, 0.25) is 0 Å². The van der Waals surface area contributed by atoms with Crippen molar-refractivity contribution in [3.05, 3.63) is 21.0 Å². The van der Waals surface area contributed by atoms with Crippen molar-refractivity contribution in [2.75, 3.05) is 6.61 Å². The van der Waals surface area contributed by atoms with Crippen molar-refractivity contribution < 1.29 is 29.8 Å². The molecule has 0 aliphatic heterocycles. The second kappa shape index (κ2) is 3.48. The van der Waals surface area contributed by atoms with Crippen molar-refractivity contribution in [3.63, 3.8) is 0 Å². The molecular formula is C7H9OZr. The van der Waals surface area contributed by atoms with Gasteiger partial charge in [-0.15, -0.1) is 0 Å². The molecule has 0 amide bonds. The molecule has 0 bridgehead atoms. The zero-order valence-corrected chi connectivity index (χ0v) is 7.68. The van der Waals surface area contributed by atoms with Crippen molar-refractivity contribution in [2.45, 2.75) is 12.8 Å². The van der Waals surface area contributed by atoms with Gasteiger partial charge >= 0.3 is 70.3 Å². The van der Waals surface area contributed by atoms with Crippen LogP contribution in [0.1, 0.15) is 12.8 Å².